The summed E-state index contributed by atoms with van der Waals surface area (Å²) in [5, 5.41) is 11.1. The summed E-state index contributed by atoms with van der Waals surface area (Å²) < 4.78 is 13.6. The highest BCUT2D eigenvalue weighted by molar-refractivity contribution is 5.92. The second-order valence-electron chi connectivity index (χ2n) is 3.92. The van der Waals surface area contributed by atoms with Gasteiger partial charge in [0.15, 0.2) is 0 Å². The highest BCUT2D eigenvalue weighted by Gasteiger charge is 2.17. The Morgan fingerprint density at radius 3 is 2.74 bits per heavy atom. The number of carbonyl (C=O) groups excluding carboxylic acids is 1. The smallest absolute Gasteiger partial charge is 0.323 e. The molecule has 1 rings (SSSR count). The van der Waals surface area contributed by atoms with E-state index in [2.05, 4.69) is 11.9 Å². The van der Waals surface area contributed by atoms with Gasteiger partial charge in [0, 0.05) is 6.54 Å². The SMILES string of the molecule is C=CCN(CC(=O)O)C(=O)Nc1c(C)cccc1F. The van der Waals surface area contributed by atoms with Crippen LogP contribution in [0.15, 0.2) is 30.9 Å². The molecular weight excluding hydrogens is 251 g/mol. The Balaban J connectivity index is 2.86. The molecule has 0 spiro atoms. The fraction of sp³-hybridized carbons (Fsp3) is 0.231. The van der Waals surface area contributed by atoms with E-state index in [0.29, 0.717) is 5.56 Å². The molecule has 6 heteroatoms. The van der Waals surface area contributed by atoms with Crippen LogP contribution in [0.2, 0.25) is 0 Å². The lowest BCUT2D eigenvalue weighted by Gasteiger charge is -2.20. The number of urea groups is 1. The molecule has 102 valence electrons. The molecule has 0 fully saturated rings. The summed E-state index contributed by atoms with van der Waals surface area (Å²) in [7, 11) is 0. The third kappa shape index (κ3) is 4.09. The molecule has 0 saturated heterocycles. The second-order valence-corrected chi connectivity index (χ2v) is 3.92. The lowest BCUT2D eigenvalue weighted by atomic mass is 10.2. The highest BCUT2D eigenvalue weighted by Crippen LogP contribution is 2.19. The minimum Gasteiger partial charge on any atom is -0.480 e. The van der Waals surface area contributed by atoms with Gasteiger partial charge in [-0.2, -0.15) is 0 Å². The lowest BCUT2D eigenvalue weighted by Crippen LogP contribution is -2.39. The quantitative estimate of drug-likeness (QED) is 0.803. The standard InChI is InChI=1S/C13H15FN2O3/c1-3-7-16(8-11(17)18)13(19)15-12-9(2)5-4-6-10(12)14/h3-6H,1,7-8H2,2H3,(H,15,19)(H,17,18). The molecule has 0 aliphatic carbocycles. The molecule has 0 bridgehead atoms. The average molecular weight is 266 g/mol. The summed E-state index contributed by atoms with van der Waals surface area (Å²) in [5.74, 6) is -1.72. The van der Waals surface area contributed by atoms with Crippen molar-refractivity contribution in [3.63, 3.8) is 0 Å². The number of halogens is 1. The van der Waals surface area contributed by atoms with Crippen LogP contribution in [-0.4, -0.2) is 35.1 Å². The molecule has 0 saturated carbocycles. The van der Waals surface area contributed by atoms with Crippen molar-refractivity contribution in [1.82, 2.24) is 4.90 Å². The number of carboxylic acids is 1. The Kier molecular flexibility index (Phi) is 5.05. The van der Waals surface area contributed by atoms with E-state index < -0.39 is 24.4 Å². The van der Waals surface area contributed by atoms with Crippen LogP contribution in [0.25, 0.3) is 0 Å². The fourth-order valence-electron chi connectivity index (χ4n) is 1.51. The van der Waals surface area contributed by atoms with Gasteiger partial charge >= 0.3 is 12.0 Å². The largest absolute Gasteiger partial charge is 0.480 e. The second kappa shape index (κ2) is 6.53. The molecule has 19 heavy (non-hydrogen) atoms. The van der Waals surface area contributed by atoms with Gasteiger partial charge < -0.3 is 15.3 Å². The van der Waals surface area contributed by atoms with E-state index in [0.717, 1.165) is 4.90 Å². The zero-order valence-corrected chi connectivity index (χ0v) is 10.5. The van der Waals surface area contributed by atoms with E-state index in [4.69, 9.17) is 5.11 Å². The molecule has 1 aromatic carbocycles. The number of amides is 2. The van der Waals surface area contributed by atoms with E-state index in [9.17, 15) is 14.0 Å². The summed E-state index contributed by atoms with van der Waals surface area (Å²) in [5.41, 5.74) is 0.606. The van der Waals surface area contributed by atoms with E-state index >= 15 is 0 Å². The van der Waals surface area contributed by atoms with Gasteiger partial charge in [0.05, 0.1) is 5.69 Å². The van der Waals surface area contributed by atoms with Gasteiger partial charge in [0.1, 0.15) is 12.4 Å². The fourth-order valence-corrected chi connectivity index (χ4v) is 1.51. The number of anilines is 1. The van der Waals surface area contributed by atoms with Crippen LogP contribution in [0.4, 0.5) is 14.9 Å². The first-order valence-electron chi connectivity index (χ1n) is 5.59. The third-order valence-corrected chi connectivity index (χ3v) is 2.42. The van der Waals surface area contributed by atoms with Crippen LogP contribution in [-0.2, 0) is 4.79 Å². The Morgan fingerprint density at radius 2 is 2.21 bits per heavy atom. The maximum Gasteiger partial charge on any atom is 0.323 e. The van der Waals surface area contributed by atoms with Gasteiger partial charge in [0.2, 0.25) is 0 Å². The molecular formula is C13H15FN2O3. The molecule has 0 heterocycles. The van der Waals surface area contributed by atoms with Gasteiger partial charge in [-0.15, -0.1) is 6.58 Å². The van der Waals surface area contributed by atoms with Gasteiger partial charge in [-0.1, -0.05) is 18.2 Å². The maximum absolute atomic E-state index is 13.6. The van der Waals surface area contributed by atoms with Crippen molar-refractivity contribution in [3.05, 3.63) is 42.2 Å². The van der Waals surface area contributed by atoms with Crippen molar-refractivity contribution in [3.8, 4) is 0 Å². The number of hydrogen-bond donors (Lipinski definition) is 2. The Bertz CT molecular complexity index is 482. The van der Waals surface area contributed by atoms with Crippen LogP contribution < -0.4 is 5.32 Å². The summed E-state index contributed by atoms with van der Waals surface area (Å²) in [6.07, 6.45) is 1.40. The lowest BCUT2D eigenvalue weighted by molar-refractivity contribution is -0.137. The highest BCUT2D eigenvalue weighted by atomic mass is 19.1. The minimum atomic E-state index is -1.15. The van der Waals surface area contributed by atoms with Crippen molar-refractivity contribution >= 4 is 17.7 Å². The first kappa shape index (κ1) is 14.7. The van der Waals surface area contributed by atoms with Gasteiger partial charge in [-0.3, -0.25) is 4.79 Å². The van der Waals surface area contributed by atoms with E-state index in [1.165, 1.54) is 18.2 Å². The first-order valence-corrected chi connectivity index (χ1v) is 5.59. The molecule has 2 N–H and O–H groups in total. The zero-order chi connectivity index (χ0) is 14.4. The number of hydrogen-bond acceptors (Lipinski definition) is 2. The zero-order valence-electron chi connectivity index (χ0n) is 10.5. The minimum absolute atomic E-state index is 0.0481. The Morgan fingerprint density at radius 1 is 1.53 bits per heavy atom. The van der Waals surface area contributed by atoms with Crippen molar-refractivity contribution in [1.29, 1.82) is 0 Å². The van der Waals surface area contributed by atoms with Crippen molar-refractivity contribution < 1.29 is 19.1 Å². The van der Waals surface area contributed by atoms with Crippen LogP contribution in [0, 0.1) is 12.7 Å². The predicted octanol–water partition coefficient (Wildman–Crippen LogP) is 2.24. The number of para-hydroxylation sites is 1. The van der Waals surface area contributed by atoms with Crippen molar-refractivity contribution in [2.75, 3.05) is 18.4 Å². The molecule has 1 aromatic rings. The average Bonchev–Trinajstić information content (AvgIpc) is 2.32. The number of benzene rings is 1. The summed E-state index contributed by atoms with van der Waals surface area (Å²) in [6, 6.07) is 3.71. The monoisotopic (exact) mass is 266 g/mol. The van der Waals surface area contributed by atoms with Crippen LogP contribution in [0.1, 0.15) is 5.56 Å². The summed E-state index contributed by atoms with van der Waals surface area (Å²) >= 11 is 0. The van der Waals surface area contributed by atoms with Gasteiger partial charge in [-0.05, 0) is 18.6 Å². The molecule has 0 atom stereocenters. The summed E-state index contributed by atoms with van der Waals surface area (Å²) in [4.78, 5) is 23.5. The van der Waals surface area contributed by atoms with E-state index in [1.807, 2.05) is 0 Å². The summed E-state index contributed by atoms with van der Waals surface area (Å²) in [6.45, 7) is 4.67. The number of rotatable bonds is 5. The number of carbonyl (C=O) groups is 2. The molecule has 0 aliphatic rings. The van der Waals surface area contributed by atoms with Crippen molar-refractivity contribution in [2.45, 2.75) is 6.92 Å². The molecule has 0 aliphatic heterocycles. The van der Waals surface area contributed by atoms with Crippen LogP contribution in [0.5, 0.6) is 0 Å². The predicted molar refractivity (Wildman–Crippen MR) is 69.6 cm³/mol. The molecule has 5 nitrogen and oxygen atoms in total. The van der Waals surface area contributed by atoms with Crippen molar-refractivity contribution in [2.24, 2.45) is 0 Å². The molecule has 0 aromatic heterocycles. The number of carboxylic acid groups (broad SMARTS) is 1. The molecule has 0 unspecified atom stereocenters. The third-order valence-electron chi connectivity index (χ3n) is 2.42. The number of nitrogens with one attached hydrogen (secondary N) is 1. The topological polar surface area (TPSA) is 69.6 Å². The maximum atomic E-state index is 13.6. The number of aryl methyl sites for hydroxylation is 1. The van der Waals surface area contributed by atoms with E-state index in [-0.39, 0.29) is 12.2 Å². The van der Waals surface area contributed by atoms with Crippen LogP contribution >= 0.6 is 0 Å². The Hall–Kier alpha value is -2.37. The first-order chi connectivity index (χ1) is 8.95. The van der Waals surface area contributed by atoms with Crippen LogP contribution in [0.3, 0.4) is 0 Å². The number of aliphatic carboxylic acids is 1. The van der Waals surface area contributed by atoms with E-state index in [1.54, 1.807) is 13.0 Å². The van der Waals surface area contributed by atoms with Gasteiger partial charge in [0.25, 0.3) is 0 Å². The Labute approximate surface area is 110 Å². The number of nitrogens with zero attached hydrogens (tertiary/aromatic N) is 1. The van der Waals surface area contributed by atoms with Gasteiger partial charge in [-0.25, -0.2) is 9.18 Å². The normalized spacial score (nSPS) is 9.79. The molecule has 2 amide bonds. The molecule has 0 radical (unpaired) electrons.